The van der Waals surface area contributed by atoms with Crippen LogP contribution in [-0.4, -0.2) is 97.2 Å². The Morgan fingerprint density at radius 3 is 2.09 bits per heavy atom. The largest absolute Gasteiger partial charge is 0.491 e. The first-order valence-corrected chi connectivity index (χ1v) is 20.5. The van der Waals surface area contributed by atoms with Gasteiger partial charge in [-0.15, -0.1) is 4.90 Å². The lowest BCUT2D eigenvalue weighted by atomic mass is 9.94. The SMILES string of the molecule is CCCNC(=O)c1ccc(-c2cc3c(cc2C(=O)Nc2ccc4nc(N(C(=O)OC(C)(C)C)C(=O)OC(C)(C)C)n(C(=O)OC(C)(C)C)c4c2)-c2nccn2CCO3)c(C(=O)OC)n1. The van der Waals surface area contributed by atoms with Crippen LogP contribution in [0.1, 0.15) is 107 Å². The summed E-state index contributed by atoms with van der Waals surface area (Å²) in [5.41, 5.74) is -2.28. The Bertz CT molecular complexity index is 2630. The number of ether oxygens (including phenoxy) is 5. The van der Waals surface area contributed by atoms with E-state index in [2.05, 4.69) is 25.6 Å². The number of nitrogens with zero attached hydrogens (tertiary/aromatic N) is 6. The molecule has 0 saturated carbocycles. The highest BCUT2D eigenvalue weighted by molar-refractivity contribution is 6.13. The molecule has 4 heterocycles. The first-order valence-electron chi connectivity index (χ1n) is 20.5. The predicted octanol–water partition coefficient (Wildman–Crippen LogP) is 7.99. The van der Waals surface area contributed by atoms with Crippen LogP contribution in [0.4, 0.5) is 26.0 Å². The number of hydrogen-bond acceptors (Lipinski definition) is 14. The molecule has 0 fully saturated rings. The minimum Gasteiger partial charge on any atom is -0.491 e. The second-order valence-electron chi connectivity index (χ2n) is 17.7. The summed E-state index contributed by atoms with van der Waals surface area (Å²) >= 11 is 0. The Morgan fingerprint density at radius 2 is 1.47 bits per heavy atom. The van der Waals surface area contributed by atoms with Crippen molar-refractivity contribution in [3.05, 3.63) is 71.8 Å². The third-order valence-electron chi connectivity index (χ3n) is 9.07. The number of hydrogen-bond donors (Lipinski definition) is 2. The zero-order valence-electron chi connectivity index (χ0n) is 37.7. The van der Waals surface area contributed by atoms with Crippen LogP contribution in [0.5, 0.6) is 5.75 Å². The van der Waals surface area contributed by atoms with Gasteiger partial charge in [0.2, 0.25) is 5.95 Å². The molecule has 0 saturated heterocycles. The number of nitrogens with one attached hydrogen (secondary N) is 2. The van der Waals surface area contributed by atoms with Crippen LogP contribution in [0.15, 0.2) is 54.9 Å². The van der Waals surface area contributed by atoms with Crippen molar-refractivity contribution in [1.29, 1.82) is 0 Å². The van der Waals surface area contributed by atoms with Crippen molar-refractivity contribution in [3.63, 3.8) is 0 Å². The molecule has 2 aromatic carbocycles. The number of imidazole rings is 2. The van der Waals surface area contributed by atoms with E-state index in [0.717, 1.165) is 4.57 Å². The molecule has 64 heavy (non-hydrogen) atoms. The third kappa shape index (κ3) is 10.3. The molecule has 0 spiro atoms. The zero-order chi connectivity index (χ0) is 46.9. The lowest BCUT2D eigenvalue weighted by Gasteiger charge is -2.28. The maximum atomic E-state index is 14.8. The van der Waals surface area contributed by atoms with Crippen molar-refractivity contribution < 1.29 is 52.5 Å². The molecule has 0 radical (unpaired) electrons. The molecular formula is C45H52N8O11. The second kappa shape index (κ2) is 17.8. The normalized spacial score (nSPS) is 12.5. The quantitative estimate of drug-likeness (QED) is 0.111. The van der Waals surface area contributed by atoms with E-state index in [0.29, 0.717) is 41.5 Å². The van der Waals surface area contributed by atoms with Crippen LogP contribution < -0.4 is 20.3 Å². The molecule has 19 heteroatoms. The summed E-state index contributed by atoms with van der Waals surface area (Å²) in [6.07, 6.45) is 0.728. The van der Waals surface area contributed by atoms with Crippen LogP contribution >= 0.6 is 0 Å². The van der Waals surface area contributed by atoms with Crippen molar-refractivity contribution >= 4 is 58.7 Å². The van der Waals surface area contributed by atoms with Crippen molar-refractivity contribution in [1.82, 2.24) is 29.4 Å². The van der Waals surface area contributed by atoms with Crippen LogP contribution in [0, 0.1) is 0 Å². The van der Waals surface area contributed by atoms with Gasteiger partial charge in [0.15, 0.2) is 5.69 Å². The number of benzene rings is 2. The fourth-order valence-electron chi connectivity index (χ4n) is 6.49. The van der Waals surface area contributed by atoms with Gasteiger partial charge >= 0.3 is 24.2 Å². The van der Waals surface area contributed by atoms with E-state index >= 15 is 0 Å². The molecule has 5 aromatic rings. The van der Waals surface area contributed by atoms with Gasteiger partial charge in [-0.05, 0) is 111 Å². The van der Waals surface area contributed by atoms with E-state index in [-0.39, 0.29) is 51.4 Å². The molecule has 0 aliphatic carbocycles. The van der Waals surface area contributed by atoms with Gasteiger partial charge in [0.05, 0.1) is 30.3 Å². The van der Waals surface area contributed by atoms with Crippen LogP contribution in [0.25, 0.3) is 33.5 Å². The number of carbonyl (C=O) groups is 6. The van der Waals surface area contributed by atoms with Gasteiger partial charge in [-0.1, -0.05) is 6.92 Å². The Labute approximate surface area is 369 Å². The first-order chi connectivity index (χ1) is 30.0. The molecule has 6 rings (SSSR count). The monoisotopic (exact) mass is 880 g/mol. The topological polar surface area (TPSA) is 224 Å². The van der Waals surface area contributed by atoms with Crippen molar-refractivity contribution in [2.45, 2.75) is 99.0 Å². The molecule has 2 N–H and O–H groups in total. The maximum Gasteiger partial charge on any atom is 0.427 e. The zero-order valence-corrected chi connectivity index (χ0v) is 37.7. The third-order valence-corrected chi connectivity index (χ3v) is 9.07. The number of amides is 4. The fraction of sp³-hybridized carbons (Fsp3) is 0.400. The van der Waals surface area contributed by atoms with E-state index < -0.39 is 58.8 Å². The van der Waals surface area contributed by atoms with Crippen LogP contribution in [0.3, 0.4) is 0 Å². The molecule has 0 atom stereocenters. The van der Waals surface area contributed by atoms with E-state index in [9.17, 15) is 28.8 Å². The molecule has 0 unspecified atom stereocenters. The van der Waals surface area contributed by atoms with Gasteiger partial charge in [0.1, 0.15) is 40.7 Å². The van der Waals surface area contributed by atoms with Crippen molar-refractivity contribution in [2.75, 3.05) is 30.5 Å². The summed E-state index contributed by atoms with van der Waals surface area (Å²) in [5.74, 6) is -1.65. The molecule has 1 aliphatic heterocycles. The standard InChI is InChI=1S/C45H52N8O11/c1-12-17-47-37(55)31-16-14-26(34(49-31)38(56)60-11)27-24-33-29(35-46-18-19-51(35)20-21-61-33)23-28(27)36(54)48-25-13-15-30-32(22-25)52(40(57)62-43(2,3)4)39(50-30)53(41(58)63-44(5,6)7)42(59)64-45(8,9)10/h13-16,18-19,22-24H,12,17,20-21H2,1-11H3,(H,47,55)(H,48,54). The molecule has 3 aromatic heterocycles. The molecule has 0 bridgehead atoms. The average molecular weight is 881 g/mol. The summed E-state index contributed by atoms with van der Waals surface area (Å²) < 4.78 is 30.9. The maximum absolute atomic E-state index is 14.8. The fourth-order valence-corrected chi connectivity index (χ4v) is 6.49. The predicted molar refractivity (Wildman–Crippen MR) is 235 cm³/mol. The number of imide groups is 1. The average Bonchev–Trinajstić information content (AvgIpc) is 3.77. The number of aromatic nitrogens is 5. The Hall–Kier alpha value is -7.31. The molecule has 338 valence electrons. The Kier molecular flexibility index (Phi) is 12.9. The molecule has 4 amide bonds. The minimum atomic E-state index is -1.17. The number of fused-ring (bicyclic) bond motifs is 4. The van der Waals surface area contributed by atoms with Crippen molar-refractivity contribution in [2.24, 2.45) is 0 Å². The van der Waals surface area contributed by atoms with Gasteiger partial charge < -0.3 is 38.9 Å². The number of rotatable bonds is 8. The highest BCUT2D eigenvalue weighted by atomic mass is 16.6. The van der Waals surface area contributed by atoms with Crippen molar-refractivity contribution in [3.8, 4) is 28.3 Å². The molecule has 19 nitrogen and oxygen atoms in total. The minimum absolute atomic E-state index is 0.0332. The summed E-state index contributed by atoms with van der Waals surface area (Å²) in [6.45, 7) is 17.6. The van der Waals surface area contributed by atoms with Gasteiger partial charge in [0, 0.05) is 41.3 Å². The Balaban J connectivity index is 1.52. The van der Waals surface area contributed by atoms with Gasteiger partial charge in [-0.3, -0.25) is 9.59 Å². The number of anilines is 2. The lowest BCUT2D eigenvalue weighted by Crippen LogP contribution is -2.45. The van der Waals surface area contributed by atoms with E-state index in [1.807, 2.05) is 11.5 Å². The molecular weight excluding hydrogens is 829 g/mol. The van der Waals surface area contributed by atoms with E-state index in [1.54, 1.807) is 86.8 Å². The highest BCUT2D eigenvalue weighted by Gasteiger charge is 2.39. The van der Waals surface area contributed by atoms with E-state index in [4.69, 9.17) is 23.7 Å². The summed E-state index contributed by atoms with van der Waals surface area (Å²) in [5, 5.41) is 5.62. The summed E-state index contributed by atoms with van der Waals surface area (Å²) in [6, 6.07) is 10.5. The van der Waals surface area contributed by atoms with Crippen LogP contribution in [-0.2, 0) is 25.5 Å². The number of esters is 1. The summed E-state index contributed by atoms with van der Waals surface area (Å²) in [4.78, 5) is 96.6. The van der Waals surface area contributed by atoms with Gasteiger partial charge in [-0.2, -0.15) is 0 Å². The van der Waals surface area contributed by atoms with E-state index in [1.165, 1.54) is 37.4 Å². The summed E-state index contributed by atoms with van der Waals surface area (Å²) in [7, 11) is 1.18. The first kappa shape index (κ1) is 46.2. The number of pyridine rings is 1. The van der Waals surface area contributed by atoms with Gasteiger partial charge in [0.25, 0.3) is 11.8 Å². The molecule has 1 aliphatic rings. The second-order valence-corrected chi connectivity index (χ2v) is 17.7. The van der Waals surface area contributed by atoms with Crippen LogP contribution in [0.2, 0.25) is 0 Å². The number of methoxy groups -OCH3 is 1. The Morgan fingerprint density at radius 1 is 0.797 bits per heavy atom. The lowest BCUT2D eigenvalue weighted by molar-refractivity contribution is 0.0422. The highest BCUT2D eigenvalue weighted by Crippen LogP contribution is 2.40. The smallest absolute Gasteiger partial charge is 0.427 e. The van der Waals surface area contributed by atoms with Gasteiger partial charge in [-0.25, -0.2) is 38.7 Å². The number of carbonyl (C=O) groups excluding carboxylic acids is 6.